The quantitative estimate of drug-likeness (QED) is 0.831. The van der Waals surface area contributed by atoms with Gasteiger partial charge in [-0.15, -0.1) is 0 Å². The van der Waals surface area contributed by atoms with Gasteiger partial charge in [0.05, 0.1) is 6.61 Å². The van der Waals surface area contributed by atoms with Crippen LogP contribution < -0.4 is 0 Å². The average molecular weight is 271 g/mol. The predicted octanol–water partition coefficient (Wildman–Crippen LogP) is 3.19. The molecule has 1 aromatic rings. The number of benzene rings is 1. The van der Waals surface area contributed by atoms with Crippen molar-refractivity contribution in [3.63, 3.8) is 0 Å². The van der Waals surface area contributed by atoms with E-state index in [0.717, 1.165) is 24.7 Å². The van der Waals surface area contributed by atoms with Crippen molar-refractivity contribution < 1.29 is 5.11 Å². The monoisotopic (exact) mass is 271 g/mol. The van der Waals surface area contributed by atoms with Crippen molar-refractivity contribution in [1.29, 1.82) is 0 Å². The van der Waals surface area contributed by atoms with Crippen LogP contribution in [0.1, 0.15) is 50.2 Å². The van der Waals surface area contributed by atoms with Gasteiger partial charge >= 0.3 is 0 Å². The summed E-state index contributed by atoms with van der Waals surface area (Å²) in [6.45, 7) is 4.57. The minimum Gasteiger partial charge on any atom is -0.395 e. The van der Waals surface area contributed by atoms with Crippen LogP contribution in [0.15, 0.2) is 24.3 Å². The van der Waals surface area contributed by atoms with E-state index >= 15 is 0 Å². The SMILES string of the molecule is CCN(Cc1ccc(C#CCCO)cc1)C1CCCC1. The number of hydrogen-bond acceptors (Lipinski definition) is 2. The Hall–Kier alpha value is -1.30. The van der Waals surface area contributed by atoms with Crippen LogP contribution >= 0.6 is 0 Å². The first-order chi connectivity index (χ1) is 9.83. The van der Waals surface area contributed by atoms with Crippen LogP contribution in [0.2, 0.25) is 0 Å². The number of nitrogens with zero attached hydrogens (tertiary/aromatic N) is 1. The van der Waals surface area contributed by atoms with Gasteiger partial charge in [-0.1, -0.05) is 43.7 Å². The fourth-order valence-electron chi connectivity index (χ4n) is 2.92. The molecule has 0 aromatic heterocycles. The van der Waals surface area contributed by atoms with E-state index in [0.29, 0.717) is 6.42 Å². The lowest BCUT2D eigenvalue weighted by Gasteiger charge is -2.27. The minimum absolute atomic E-state index is 0.137. The van der Waals surface area contributed by atoms with E-state index in [1.165, 1.54) is 31.2 Å². The zero-order valence-corrected chi connectivity index (χ0v) is 12.4. The molecule has 2 nitrogen and oxygen atoms in total. The third kappa shape index (κ3) is 4.37. The largest absolute Gasteiger partial charge is 0.395 e. The summed E-state index contributed by atoms with van der Waals surface area (Å²) in [5.41, 5.74) is 2.40. The summed E-state index contributed by atoms with van der Waals surface area (Å²) in [6.07, 6.45) is 6.05. The second-order valence-corrected chi connectivity index (χ2v) is 5.47. The number of aliphatic hydroxyl groups is 1. The van der Waals surface area contributed by atoms with Gasteiger partial charge < -0.3 is 5.11 Å². The van der Waals surface area contributed by atoms with E-state index in [1.807, 2.05) is 0 Å². The van der Waals surface area contributed by atoms with Crippen molar-refractivity contribution in [3.8, 4) is 11.8 Å². The smallest absolute Gasteiger partial charge is 0.0540 e. The van der Waals surface area contributed by atoms with Crippen molar-refractivity contribution in [1.82, 2.24) is 4.90 Å². The molecule has 1 N–H and O–H groups in total. The molecule has 1 aromatic carbocycles. The molecule has 0 aliphatic heterocycles. The van der Waals surface area contributed by atoms with Crippen LogP contribution in [0, 0.1) is 11.8 Å². The highest BCUT2D eigenvalue weighted by Gasteiger charge is 2.21. The zero-order valence-electron chi connectivity index (χ0n) is 12.4. The standard InChI is InChI=1S/C18H25NO/c1-2-19(18-8-3-4-9-18)15-17-12-10-16(11-13-17)7-5-6-14-20/h10-13,18,20H,2-4,6,8-9,14-15H2,1H3. The summed E-state index contributed by atoms with van der Waals surface area (Å²) < 4.78 is 0. The molecule has 0 radical (unpaired) electrons. The predicted molar refractivity (Wildman–Crippen MR) is 83.4 cm³/mol. The number of rotatable bonds is 5. The van der Waals surface area contributed by atoms with Crippen molar-refractivity contribution in [2.24, 2.45) is 0 Å². The molecule has 1 aliphatic carbocycles. The first-order valence-corrected chi connectivity index (χ1v) is 7.76. The summed E-state index contributed by atoms with van der Waals surface area (Å²) in [6, 6.07) is 9.31. The number of hydrogen-bond donors (Lipinski definition) is 1. The summed E-state index contributed by atoms with van der Waals surface area (Å²) in [5, 5.41) is 8.71. The van der Waals surface area contributed by atoms with Crippen LogP contribution in [-0.2, 0) is 6.54 Å². The van der Waals surface area contributed by atoms with Gasteiger partial charge in [-0.25, -0.2) is 0 Å². The molecule has 20 heavy (non-hydrogen) atoms. The van der Waals surface area contributed by atoms with Crippen LogP contribution in [-0.4, -0.2) is 29.2 Å². The van der Waals surface area contributed by atoms with Gasteiger partial charge in [0.25, 0.3) is 0 Å². The van der Waals surface area contributed by atoms with Crippen molar-refractivity contribution in [2.45, 2.75) is 51.6 Å². The average Bonchev–Trinajstić information content (AvgIpc) is 3.00. The second kappa shape index (κ2) is 8.09. The molecule has 0 bridgehead atoms. The lowest BCUT2D eigenvalue weighted by Crippen LogP contribution is -2.32. The Morgan fingerprint density at radius 2 is 1.90 bits per heavy atom. The highest BCUT2D eigenvalue weighted by molar-refractivity contribution is 5.36. The van der Waals surface area contributed by atoms with Crippen LogP contribution in [0.5, 0.6) is 0 Å². The number of aliphatic hydroxyl groups excluding tert-OH is 1. The second-order valence-electron chi connectivity index (χ2n) is 5.47. The van der Waals surface area contributed by atoms with Gasteiger partial charge in [0.2, 0.25) is 0 Å². The molecule has 0 spiro atoms. The summed E-state index contributed by atoms with van der Waals surface area (Å²) in [7, 11) is 0. The molecule has 0 heterocycles. The maximum atomic E-state index is 8.71. The molecule has 0 amide bonds. The fraction of sp³-hybridized carbons (Fsp3) is 0.556. The molecule has 1 aliphatic rings. The minimum atomic E-state index is 0.137. The summed E-state index contributed by atoms with van der Waals surface area (Å²) in [5.74, 6) is 6.03. The van der Waals surface area contributed by atoms with E-state index in [2.05, 4.69) is 47.9 Å². The molecule has 1 fully saturated rings. The lowest BCUT2D eigenvalue weighted by atomic mass is 10.1. The Morgan fingerprint density at radius 1 is 1.20 bits per heavy atom. The third-order valence-corrected chi connectivity index (χ3v) is 4.06. The molecule has 0 atom stereocenters. The molecule has 108 valence electrons. The van der Waals surface area contributed by atoms with E-state index < -0.39 is 0 Å². The Morgan fingerprint density at radius 3 is 2.50 bits per heavy atom. The summed E-state index contributed by atoms with van der Waals surface area (Å²) >= 11 is 0. The molecule has 0 unspecified atom stereocenters. The van der Waals surface area contributed by atoms with Gasteiger partial charge in [0.15, 0.2) is 0 Å². The first-order valence-electron chi connectivity index (χ1n) is 7.76. The van der Waals surface area contributed by atoms with Gasteiger partial charge in [-0.05, 0) is 37.1 Å². The first kappa shape index (κ1) is 15.1. The zero-order chi connectivity index (χ0) is 14.2. The molecule has 2 heteroatoms. The third-order valence-electron chi connectivity index (χ3n) is 4.06. The Kier molecular flexibility index (Phi) is 6.11. The van der Waals surface area contributed by atoms with Gasteiger partial charge in [-0.2, -0.15) is 0 Å². The maximum absolute atomic E-state index is 8.71. The Bertz CT molecular complexity index is 449. The van der Waals surface area contributed by atoms with Crippen LogP contribution in [0.25, 0.3) is 0 Å². The molecular weight excluding hydrogens is 246 g/mol. The molecule has 1 saturated carbocycles. The maximum Gasteiger partial charge on any atom is 0.0540 e. The fourth-order valence-corrected chi connectivity index (χ4v) is 2.92. The normalized spacial score (nSPS) is 15.3. The van der Waals surface area contributed by atoms with Crippen molar-refractivity contribution >= 4 is 0 Å². The Labute approximate surface area is 122 Å². The lowest BCUT2D eigenvalue weighted by molar-refractivity contribution is 0.200. The van der Waals surface area contributed by atoms with Crippen LogP contribution in [0.4, 0.5) is 0 Å². The Balaban J connectivity index is 1.94. The highest BCUT2D eigenvalue weighted by Crippen LogP contribution is 2.24. The van der Waals surface area contributed by atoms with Crippen molar-refractivity contribution in [3.05, 3.63) is 35.4 Å². The van der Waals surface area contributed by atoms with Gasteiger partial charge in [0.1, 0.15) is 0 Å². The highest BCUT2D eigenvalue weighted by atomic mass is 16.2. The van der Waals surface area contributed by atoms with Crippen LogP contribution in [0.3, 0.4) is 0 Å². The molecule has 0 saturated heterocycles. The van der Waals surface area contributed by atoms with Crippen molar-refractivity contribution in [2.75, 3.05) is 13.2 Å². The van der Waals surface area contributed by atoms with Gasteiger partial charge in [-0.3, -0.25) is 4.90 Å². The topological polar surface area (TPSA) is 23.5 Å². The molecular formula is C18H25NO. The van der Waals surface area contributed by atoms with E-state index in [1.54, 1.807) is 0 Å². The summed E-state index contributed by atoms with van der Waals surface area (Å²) in [4.78, 5) is 2.60. The van der Waals surface area contributed by atoms with E-state index in [-0.39, 0.29) is 6.61 Å². The van der Waals surface area contributed by atoms with E-state index in [4.69, 9.17) is 5.11 Å². The molecule has 2 rings (SSSR count). The van der Waals surface area contributed by atoms with E-state index in [9.17, 15) is 0 Å². The van der Waals surface area contributed by atoms with Gasteiger partial charge in [0, 0.05) is 24.6 Å².